The molecule has 1 aliphatic heterocycles. The number of alkyl halides is 9. The van der Waals surface area contributed by atoms with E-state index in [0.717, 1.165) is 12.1 Å². The summed E-state index contributed by atoms with van der Waals surface area (Å²) < 4.78 is 123. The van der Waals surface area contributed by atoms with Crippen molar-refractivity contribution >= 4 is 6.21 Å². The Bertz CT molecular complexity index is 1530. The molecule has 4 aromatic rings. The van der Waals surface area contributed by atoms with Gasteiger partial charge in [0.1, 0.15) is 17.2 Å². The fraction of sp³-hybridized carbons (Fsp3) is 0.208. The van der Waals surface area contributed by atoms with Crippen LogP contribution in [0, 0.1) is 0 Å². The normalized spacial score (nSPS) is 14.1. The number of aromatic nitrogens is 3. The van der Waals surface area contributed by atoms with Gasteiger partial charge >= 0.3 is 18.5 Å². The van der Waals surface area contributed by atoms with Gasteiger partial charge in [-0.3, -0.25) is 5.01 Å². The van der Waals surface area contributed by atoms with Crippen LogP contribution in [0.3, 0.4) is 0 Å². The van der Waals surface area contributed by atoms with Crippen molar-refractivity contribution in [2.24, 2.45) is 5.10 Å². The zero-order chi connectivity index (χ0) is 28.2. The van der Waals surface area contributed by atoms with Crippen LogP contribution in [0.2, 0.25) is 0 Å². The zero-order valence-corrected chi connectivity index (χ0v) is 19.2. The first kappa shape index (κ1) is 26.3. The fourth-order valence-electron chi connectivity index (χ4n) is 3.93. The van der Waals surface area contributed by atoms with E-state index in [-0.39, 0.29) is 30.6 Å². The van der Waals surface area contributed by atoms with Crippen molar-refractivity contribution in [2.45, 2.75) is 31.6 Å². The molecular weight excluding hydrogens is 545 g/mol. The summed E-state index contributed by atoms with van der Waals surface area (Å²) >= 11 is 0. The third kappa shape index (κ3) is 5.47. The molecule has 2 aromatic heterocycles. The highest BCUT2D eigenvalue weighted by molar-refractivity contribution is 5.80. The smallest absolute Gasteiger partial charge is 0.359 e. The summed E-state index contributed by atoms with van der Waals surface area (Å²) in [4.78, 5) is 7.33. The molecule has 204 valence electrons. The van der Waals surface area contributed by atoms with Crippen LogP contribution in [0.1, 0.15) is 33.8 Å². The lowest BCUT2D eigenvalue weighted by Crippen LogP contribution is -2.21. The summed E-state index contributed by atoms with van der Waals surface area (Å²) in [5, 5.41) is 9.23. The second kappa shape index (κ2) is 9.17. The minimum absolute atomic E-state index is 0.0205. The molecule has 39 heavy (non-hydrogen) atoms. The summed E-state index contributed by atoms with van der Waals surface area (Å²) in [6, 6.07) is 6.81. The Morgan fingerprint density at radius 3 is 2.13 bits per heavy atom. The zero-order valence-electron chi connectivity index (χ0n) is 19.2. The molecule has 15 heteroatoms. The molecule has 6 nitrogen and oxygen atoms in total. The number of nitrogens with one attached hydrogen (secondary N) is 1. The molecule has 0 atom stereocenters. The van der Waals surface area contributed by atoms with Gasteiger partial charge < -0.3 is 9.51 Å². The molecule has 3 heterocycles. The highest BCUT2D eigenvalue weighted by Crippen LogP contribution is 2.41. The topological polar surface area (TPSA) is 70.3 Å². The number of benzene rings is 2. The number of H-pyrrole nitrogens is 1. The predicted molar refractivity (Wildman–Crippen MR) is 118 cm³/mol. The molecule has 0 spiro atoms. The second-order valence-electron chi connectivity index (χ2n) is 8.53. The van der Waals surface area contributed by atoms with Crippen LogP contribution >= 0.6 is 0 Å². The van der Waals surface area contributed by atoms with Crippen molar-refractivity contribution in [3.8, 4) is 22.6 Å². The van der Waals surface area contributed by atoms with Crippen LogP contribution in [-0.2, 0) is 31.6 Å². The van der Waals surface area contributed by atoms with Crippen molar-refractivity contribution in [2.75, 3.05) is 0 Å². The first-order chi connectivity index (χ1) is 18.2. The van der Waals surface area contributed by atoms with Crippen LogP contribution in [-0.4, -0.2) is 26.3 Å². The Morgan fingerprint density at radius 2 is 1.49 bits per heavy atom. The molecule has 0 bridgehead atoms. The molecule has 0 fully saturated rings. The van der Waals surface area contributed by atoms with Crippen LogP contribution in [0.15, 0.2) is 58.2 Å². The van der Waals surface area contributed by atoms with Crippen molar-refractivity contribution in [1.82, 2.24) is 20.1 Å². The SMILES string of the molecule is FC(F)(F)c1ccc(-c2nc3c([nH]2)CN(Cc2cc(-c4ccc(C(F)(F)F)cc4C(F)(F)F)no2)N=C3)cc1. The molecule has 0 aliphatic carbocycles. The average Bonchev–Trinajstić information content (AvgIpc) is 3.49. The molecule has 1 aliphatic rings. The molecule has 0 saturated carbocycles. The minimum atomic E-state index is -5.07. The Kier molecular flexibility index (Phi) is 6.18. The second-order valence-corrected chi connectivity index (χ2v) is 8.53. The third-order valence-corrected chi connectivity index (χ3v) is 5.81. The summed E-state index contributed by atoms with van der Waals surface area (Å²) in [6.45, 7) is 0.0864. The molecule has 0 unspecified atom stereocenters. The number of hydrogen-bond donors (Lipinski definition) is 1. The van der Waals surface area contributed by atoms with Gasteiger partial charge in [0, 0.05) is 17.2 Å². The van der Waals surface area contributed by atoms with E-state index in [4.69, 9.17) is 4.52 Å². The number of hydrogen-bond acceptors (Lipinski definition) is 5. The number of hydrazone groups is 1. The number of aromatic amines is 1. The van der Waals surface area contributed by atoms with E-state index in [1.54, 1.807) is 0 Å². The summed E-state index contributed by atoms with van der Waals surface area (Å²) in [6.07, 6.45) is -13.1. The number of imidazole rings is 1. The van der Waals surface area contributed by atoms with E-state index in [0.29, 0.717) is 34.9 Å². The third-order valence-electron chi connectivity index (χ3n) is 5.81. The summed E-state index contributed by atoms with van der Waals surface area (Å²) in [5.74, 6) is 0.395. The molecule has 1 N–H and O–H groups in total. The van der Waals surface area contributed by atoms with Gasteiger partial charge in [-0.05, 0) is 24.3 Å². The van der Waals surface area contributed by atoms with Gasteiger partial charge in [-0.25, -0.2) is 4.98 Å². The molecule has 0 saturated heterocycles. The molecule has 0 radical (unpaired) electrons. The Labute approximate surface area is 212 Å². The van der Waals surface area contributed by atoms with Crippen LogP contribution < -0.4 is 0 Å². The van der Waals surface area contributed by atoms with Gasteiger partial charge in [0.05, 0.1) is 41.7 Å². The Balaban J connectivity index is 1.32. The van der Waals surface area contributed by atoms with Gasteiger partial charge in [-0.2, -0.15) is 44.6 Å². The molecule has 0 amide bonds. The minimum Gasteiger partial charge on any atom is -0.359 e. The van der Waals surface area contributed by atoms with E-state index < -0.39 is 40.8 Å². The Hall–Kier alpha value is -4.30. The van der Waals surface area contributed by atoms with E-state index in [1.807, 2.05) is 0 Å². The van der Waals surface area contributed by atoms with E-state index >= 15 is 0 Å². The van der Waals surface area contributed by atoms with E-state index in [9.17, 15) is 39.5 Å². The Morgan fingerprint density at radius 1 is 0.821 bits per heavy atom. The maximum atomic E-state index is 13.5. The largest absolute Gasteiger partial charge is 0.417 e. The lowest BCUT2D eigenvalue weighted by atomic mass is 10.0. The monoisotopic (exact) mass is 559 g/mol. The summed E-state index contributed by atoms with van der Waals surface area (Å²) in [5.41, 5.74) is -3.22. The maximum Gasteiger partial charge on any atom is 0.417 e. The molecule has 5 rings (SSSR count). The molecule has 2 aromatic carbocycles. The van der Waals surface area contributed by atoms with Gasteiger partial charge in [0.15, 0.2) is 5.76 Å². The molecular formula is C24H14F9N5O. The first-order valence-electron chi connectivity index (χ1n) is 11.0. The van der Waals surface area contributed by atoms with Crippen molar-refractivity contribution in [1.29, 1.82) is 0 Å². The standard InChI is InChI=1S/C24H14F9N5O/c25-22(26,27)13-3-1-12(2-4-13)21-35-19-9-34-38(11-20(19)36-21)10-15-8-18(37-39-15)16-6-5-14(23(28,29)30)7-17(16)24(31,32)33/h1-9H,10-11H2,(H,35,36). The lowest BCUT2D eigenvalue weighted by molar-refractivity contribution is -0.143. The summed E-state index contributed by atoms with van der Waals surface area (Å²) in [7, 11) is 0. The number of rotatable bonds is 4. The van der Waals surface area contributed by atoms with Crippen LogP contribution in [0.25, 0.3) is 22.6 Å². The quantitative estimate of drug-likeness (QED) is 0.270. The van der Waals surface area contributed by atoms with E-state index in [1.165, 1.54) is 29.4 Å². The van der Waals surface area contributed by atoms with Gasteiger partial charge in [0.2, 0.25) is 0 Å². The predicted octanol–water partition coefficient (Wildman–Crippen LogP) is 7.14. The van der Waals surface area contributed by atoms with E-state index in [2.05, 4.69) is 20.2 Å². The number of fused-ring (bicyclic) bond motifs is 1. The van der Waals surface area contributed by atoms with Crippen LogP contribution in [0.4, 0.5) is 39.5 Å². The van der Waals surface area contributed by atoms with Crippen molar-refractivity contribution in [3.63, 3.8) is 0 Å². The van der Waals surface area contributed by atoms with Crippen LogP contribution in [0.5, 0.6) is 0 Å². The number of nitrogens with zero attached hydrogens (tertiary/aromatic N) is 4. The van der Waals surface area contributed by atoms with Crippen molar-refractivity contribution < 1.29 is 44.0 Å². The highest BCUT2D eigenvalue weighted by atomic mass is 19.4. The maximum absolute atomic E-state index is 13.5. The average molecular weight is 559 g/mol. The first-order valence-corrected chi connectivity index (χ1v) is 11.0. The van der Waals surface area contributed by atoms with Gasteiger partial charge in [-0.15, -0.1) is 0 Å². The lowest BCUT2D eigenvalue weighted by Gasteiger charge is -2.19. The number of halogens is 9. The van der Waals surface area contributed by atoms with Gasteiger partial charge in [0.25, 0.3) is 0 Å². The van der Waals surface area contributed by atoms with Crippen molar-refractivity contribution in [3.05, 3.63) is 82.4 Å². The fourth-order valence-corrected chi connectivity index (χ4v) is 3.93. The highest BCUT2D eigenvalue weighted by Gasteiger charge is 2.39. The van der Waals surface area contributed by atoms with Gasteiger partial charge in [-0.1, -0.05) is 23.4 Å².